The van der Waals surface area contributed by atoms with Gasteiger partial charge in [0.2, 0.25) is 0 Å². The average molecular weight is 452 g/mol. The quantitative estimate of drug-likeness (QED) is 0.629. The molecule has 1 aromatic carbocycles. The maximum absolute atomic E-state index is 12.3. The number of aliphatic hydroxyl groups is 1. The SMILES string of the molecule is Cc1cc2nc(CO)ccc2c(Br)c1C(COC(=O)C(C)(C)C)OC(C)(C)C. The number of pyridine rings is 1. The molecule has 154 valence electrons. The molecule has 0 aliphatic heterocycles. The molecule has 0 radical (unpaired) electrons. The van der Waals surface area contributed by atoms with Crippen molar-refractivity contribution >= 4 is 32.8 Å². The molecule has 5 nitrogen and oxygen atoms in total. The molecule has 1 aromatic heterocycles. The van der Waals surface area contributed by atoms with Crippen LogP contribution in [-0.2, 0) is 20.9 Å². The van der Waals surface area contributed by atoms with Crippen molar-refractivity contribution in [2.75, 3.05) is 6.61 Å². The number of aryl methyl sites for hydroxylation is 1. The molecule has 1 N–H and O–H groups in total. The second-order valence-electron chi connectivity index (χ2n) is 9.02. The lowest BCUT2D eigenvalue weighted by Gasteiger charge is -2.30. The van der Waals surface area contributed by atoms with Crippen molar-refractivity contribution in [2.45, 2.75) is 66.8 Å². The number of nitrogens with zero attached hydrogens (tertiary/aromatic N) is 1. The van der Waals surface area contributed by atoms with Crippen LogP contribution in [-0.4, -0.2) is 28.3 Å². The van der Waals surface area contributed by atoms with Crippen molar-refractivity contribution in [1.29, 1.82) is 0 Å². The minimum Gasteiger partial charge on any atom is -0.462 e. The number of hydrogen-bond donors (Lipinski definition) is 1. The normalized spacial score (nSPS) is 13.6. The van der Waals surface area contributed by atoms with E-state index in [-0.39, 0.29) is 19.2 Å². The van der Waals surface area contributed by atoms with Crippen LogP contribution in [0.3, 0.4) is 0 Å². The van der Waals surface area contributed by atoms with Crippen molar-refractivity contribution < 1.29 is 19.4 Å². The third-order valence-corrected chi connectivity index (χ3v) is 5.05. The van der Waals surface area contributed by atoms with Gasteiger partial charge in [0.25, 0.3) is 0 Å². The monoisotopic (exact) mass is 451 g/mol. The summed E-state index contributed by atoms with van der Waals surface area (Å²) in [5.41, 5.74) is 2.32. The van der Waals surface area contributed by atoms with Crippen molar-refractivity contribution in [3.63, 3.8) is 0 Å². The molecule has 0 saturated carbocycles. The first-order valence-electron chi connectivity index (χ1n) is 9.38. The number of fused-ring (bicyclic) bond motifs is 1. The van der Waals surface area contributed by atoms with E-state index < -0.39 is 17.1 Å². The number of hydrogen-bond acceptors (Lipinski definition) is 5. The molecule has 0 amide bonds. The zero-order chi connectivity index (χ0) is 21.3. The lowest BCUT2D eigenvalue weighted by atomic mass is 9.97. The van der Waals surface area contributed by atoms with E-state index in [4.69, 9.17) is 9.47 Å². The second kappa shape index (κ2) is 8.47. The summed E-state index contributed by atoms with van der Waals surface area (Å²) in [6.45, 7) is 13.4. The van der Waals surface area contributed by atoms with E-state index in [9.17, 15) is 9.90 Å². The molecular formula is C22H30BrNO4. The molecule has 0 bridgehead atoms. The first-order valence-corrected chi connectivity index (χ1v) is 10.2. The van der Waals surface area contributed by atoms with E-state index in [1.165, 1.54) is 0 Å². The fourth-order valence-electron chi connectivity index (χ4n) is 2.87. The number of carbonyl (C=O) groups is 1. The number of carbonyl (C=O) groups excluding carboxylic acids is 1. The van der Waals surface area contributed by atoms with Gasteiger partial charge in [0.1, 0.15) is 12.7 Å². The fourth-order valence-corrected chi connectivity index (χ4v) is 3.77. The maximum atomic E-state index is 12.3. The van der Waals surface area contributed by atoms with Crippen molar-refractivity contribution in [1.82, 2.24) is 4.98 Å². The first kappa shape index (κ1) is 22.8. The van der Waals surface area contributed by atoms with Crippen LogP contribution in [0.25, 0.3) is 10.9 Å². The van der Waals surface area contributed by atoms with Crippen LogP contribution in [0.5, 0.6) is 0 Å². The van der Waals surface area contributed by atoms with E-state index in [1.807, 2.05) is 60.6 Å². The molecule has 1 heterocycles. The summed E-state index contributed by atoms with van der Waals surface area (Å²) in [6, 6.07) is 5.70. The van der Waals surface area contributed by atoms with Gasteiger partial charge in [-0.15, -0.1) is 0 Å². The van der Waals surface area contributed by atoms with Crippen LogP contribution in [0.2, 0.25) is 0 Å². The van der Waals surface area contributed by atoms with Crippen molar-refractivity contribution in [3.8, 4) is 0 Å². The lowest BCUT2D eigenvalue weighted by Crippen LogP contribution is -2.30. The molecule has 2 rings (SSSR count). The summed E-state index contributed by atoms with van der Waals surface area (Å²) in [7, 11) is 0. The van der Waals surface area contributed by atoms with Crippen LogP contribution in [0, 0.1) is 12.3 Å². The highest BCUT2D eigenvalue weighted by Gasteiger charge is 2.29. The Bertz CT molecular complexity index is 865. The maximum Gasteiger partial charge on any atom is 0.311 e. The number of ether oxygens (including phenoxy) is 2. The van der Waals surface area contributed by atoms with Gasteiger partial charge in [-0.3, -0.25) is 9.78 Å². The lowest BCUT2D eigenvalue weighted by molar-refractivity contribution is -0.162. The molecule has 6 heteroatoms. The summed E-state index contributed by atoms with van der Waals surface area (Å²) < 4.78 is 12.7. The number of rotatable bonds is 5. The highest BCUT2D eigenvalue weighted by molar-refractivity contribution is 9.10. The van der Waals surface area contributed by atoms with Crippen LogP contribution < -0.4 is 0 Å². The number of halogens is 1. The van der Waals surface area contributed by atoms with Crippen molar-refractivity contribution in [3.05, 3.63) is 39.5 Å². The zero-order valence-electron chi connectivity index (χ0n) is 17.7. The minimum absolute atomic E-state index is 0.104. The number of benzene rings is 1. The summed E-state index contributed by atoms with van der Waals surface area (Å²) in [5.74, 6) is -0.265. The smallest absolute Gasteiger partial charge is 0.311 e. The Hall–Kier alpha value is -1.50. The van der Waals surface area contributed by atoms with E-state index in [0.717, 1.165) is 26.5 Å². The molecule has 0 spiro atoms. The van der Waals surface area contributed by atoms with Crippen LogP contribution in [0.4, 0.5) is 0 Å². The fraction of sp³-hybridized carbons (Fsp3) is 0.545. The van der Waals surface area contributed by atoms with Crippen LogP contribution >= 0.6 is 15.9 Å². The summed E-state index contributed by atoms with van der Waals surface area (Å²) >= 11 is 3.71. The Kier molecular flexibility index (Phi) is 6.90. The van der Waals surface area contributed by atoms with Gasteiger partial charge in [0, 0.05) is 15.4 Å². The minimum atomic E-state index is -0.577. The molecule has 0 aliphatic rings. The summed E-state index contributed by atoms with van der Waals surface area (Å²) in [5, 5.41) is 10.3. The Labute approximate surface area is 175 Å². The topological polar surface area (TPSA) is 68.7 Å². The largest absolute Gasteiger partial charge is 0.462 e. The standard InChI is InChI=1S/C22H30BrNO4/c1-13-10-16-15(9-8-14(11-25)24-16)19(23)18(13)17(28-22(5,6)7)12-27-20(26)21(2,3)4/h8-10,17,25H,11-12H2,1-7H3. The van der Waals surface area contributed by atoms with Gasteiger partial charge < -0.3 is 14.6 Å². The van der Waals surface area contributed by atoms with Gasteiger partial charge in [-0.2, -0.15) is 0 Å². The molecular weight excluding hydrogens is 422 g/mol. The van der Waals surface area contributed by atoms with E-state index in [2.05, 4.69) is 20.9 Å². The zero-order valence-corrected chi connectivity index (χ0v) is 19.3. The second-order valence-corrected chi connectivity index (χ2v) is 9.81. The van der Waals surface area contributed by atoms with Gasteiger partial charge in [0.05, 0.1) is 28.8 Å². The highest BCUT2D eigenvalue weighted by atomic mass is 79.9. The first-order chi connectivity index (χ1) is 12.8. The Morgan fingerprint density at radius 2 is 1.86 bits per heavy atom. The highest BCUT2D eigenvalue weighted by Crippen LogP contribution is 2.37. The van der Waals surface area contributed by atoms with E-state index >= 15 is 0 Å². The molecule has 1 unspecified atom stereocenters. The number of aliphatic hydroxyl groups excluding tert-OH is 1. The molecule has 2 aromatic rings. The number of aromatic nitrogens is 1. The third-order valence-electron chi connectivity index (χ3n) is 4.19. The van der Waals surface area contributed by atoms with Crippen LogP contribution in [0.15, 0.2) is 22.7 Å². The van der Waals surface area contributed by atoms with Gasteiger partial charge in [-0.25, -0.2) is 0 Å². The van der Waals surface area contributed by atoms with Gasteiger partial charge >= 0.3 is 5.97 Å². The number of esters is 1. The van der Waals surface area contributed by atoms with Gasteiger partial charge in [0.15, 0.2) is 0 Å². The van der Waals surface area contributed by atoms with E-state index in [1.54, 1.807) is 6.07 Å². The van der Waals surface area contributed by atoms with Crippen LogP contribution in [0.1, 0.15) is 64.5 Å². The molecule has 0 aliphatic carbocycles. The van der Waals surface area contributed by atoms with Gasteiger partial charge in [-0.1, -0.05) is 0 Å². The predicted molar refractivity (Wildman–Crippen MR) is 114 cm³/mol. The van der Waals surface area contributed by atoms with E-state index in [0.29, 0.717) is 5.69 Å². The Morgan fingerprint density at radius 1 is 1.21 bits per heavy atom. The third kappa shape index (κ3) is 5.52. The Balaban J connectivity index is 2.49. The Morgan fingerprint density at radius 3 is 2.39 bits per heavy atom. The van der Waals surface area contributed by atoms with Crippen molar-refractivity contribution in [2.24, 2.45) is 5.41 Å². The molecule has 28 heavy (non-hydrogen) atoms. The molecule has 1 atom stereocenters. The summed E-state index contributed by atoms with van der Waals surface area (Å²) in [6.07, 6.45) is -0.428. The summed E-state index contributed by atoms with van der Waals surface area (Å²) in [4.78, 5) is 16.8. The average Bonchev–Trinajstić information content (AvgIpc) is 2.56. The molecule has 0 saturated heterocycles. The predicted octanol–water partition coefficient (Wildman–Crippen LogP) is 5.24. The van der Waals surface area contributed by atoms with Gasteiger partial charge in [-0.05, 0) is 88.2 Å². The molecule has 0 fully saturated rings.